The van der Waals surface area contributed by atoms with Crippen molar-refractivity contribution in [2.75, 3.05) is 0 Å². The Labute approximate surface area is 144 Å². The molecule has 1 aromatic carbocycles. The Bertz CT molecular complexity index is 722. The summed E-state index contributed by atoms with van der Waals surface area (Å²) in [5, 5.41) is 13.5. The van der Waals surface area contributed by atoms with E-state index < -0.39 is 28.9 Å². The van der Waals surface area contributed by atoms with Crippen LogP contribution in [-0.2, 0) is 9.53 Å². The van der Waals surface area contributed by atoms with Gasteiger partial charge in [-0.05, 0) is 38.2 Å². The zero-order valence-corrected chi connectivity index (χ0v) is 13.8. The number of hydrogen-bond acceptors (Lipinski definition) is 5. The number of nitro benzene ring substituents is 1. The third-order valence-corrected chi connectivity index (χ3v) is 4.64. The normalized spacial score (nSPS) is 23.7. The van der Waals surface area contributed by atoms with Crippen LogP contribution in [0.4, 0.5) is 10.5 Å². The van der Waals surface area contributed by atoms with Gasteiger partial charge in [0.25, 0.3) is 5.69 Å². The van der Waals surface area contributed by atoms with Crippen molar-refractivity contribution in [2.24, 2.45) is 10.9 Å². The number of urea groups is 1. The van der Waals surface area contributed by atoms with Crippen LogP contribution in [-0.4, -0.2) is 28.7 Å². The summed E-state index contributed by atoms with van der Waals surface area (Å²) >= 11 is 0. The molecule has 132 valence electrons. The van der Waals surface area contributed by atoms with E-state index in [1.807, 2.05) is 0 Å². The fourth-order valence-corrected chi connectivity index (χ4v) is 3.35. The molecule has 2 amide bonds. The van der Waals surface area contributed by atoms with Gasteiger partial charge in [-0.2, -0.15) is 0 Å². The number of rotatable bonds is 4. The van der Waals surface area contributed by atoms with Crippen molar-refractivity contribution in [2.45, 2.75) is 44.8 Å². The maximum absolute atomic E-state index is 12.7. The zero-order chi connectivity index (χ0) is 18.0. The molecule has 0 saturated heterocycles. The molecule has 0 radical (unpaired) electrons. The molecule has 2 aliphatic rings. The maximum atomic E-state index is 12.7. The maximum Gasteiger partial charge on any atom is 0.341 e. The summed E-state index contributed by atoms with van der Waals surface area (Å²) < 4.78 is 5.59. The smallest absolute Gasteiger partial charge is 0.341 e. The summed E-state index contributed by atoms with van der Waals surface area (Å²) in [5.74, 6) is -1.16. The minimum Gasteiger partial charge on any atom is -0.462 e. The van der Waals surface area contributed by atoms with Crippen molar-refractivity contribution in [1.82, 2.24) is 5.32 Å². The number of carbonyl (C=O) groups excluding carboxylic acids is 2. The first-order valence-electron chi connectivity index (χ1n) is 8.26. The zero-order valence-electron chi connectivity index (χ0n) is 13.8. The van der Waals surface area contributed by atoms with E-state index in [9.17, 15) is 19.7 Å². The molecule has 0 spiro atoms. The highest BCUT2D eigenvalue weighted by Crippen LogP contribution is 2.31. The molecule has 0 bridgehead atoms. The molecule has 8 heteroatoms. The second kappa shape index (κ2) is 7.00. The molecule has 1 N–H and O–H groups in total. The molecule has 3 rings (SSSR count). The molecule has 1 aliphatic carbocycles. The molecule has 8 nitrogen and oxygen atoms in total. The van der Waals surface area contributed by atoms with Crippen molar-refractivity contribution >= 4 is 23.4 Å². The summed E-state index contributed by atoms with van der Waals surface area (Å²) in [4.78, 5) is 38.6. The average molecular weight is 345 g/mol. The van der Waals surface area contributed by atoms with Crippen molar-refractivity contribution in [3.8, 4) is 0 Å². The number of hydrogen-bond donors (Lipinski definition) is 1. The largest absolute Gasteiger partial charge is 0.462 e. The third kappa shape index (κ3) is 3.67. The second-order valence-electron chi connectivity index (χ2n) is 6.35. The summed E-state index contributed by atoms with van der Waals surface area (Å²) in [5.41, 5.74) is 0.929. The highest BCUT2D eigenvalue weighted by Gasteiger charge is 2.39. The van der Waals surface area contributed by atoms with Gasteiger partial charge in [-0.15, -0.1) is 0 Å². The molecule has 1 fully saturated rings. The molecule has 1 heterocycles. The lowest BCUT2D eigenvalue weighted by Gasteiger charge is -2.30. The SMILES string of the molecule is CC1=NC(=O)NC(c2ccc([N+](=O)[O-])cc2)C1C(=O)OC1CCCC1. The minimum absolute atomic E-state index is 0.0543. The molecular formula is C17H19N3O5. The highest BCUT2D eigenvalue weighted by atomic mass is 16.6. The first-order chi connectivity index (χ1) is 12.0. The first-order valence-corrected chi connectivity index (χ1v) is 8.26. The number of non-ortho nitro benzene ring substituents is 1. The molecule has 2 unspecified atom stereocenters. The van der Waals surface area contributed by atoms with Crippen molar-refractivity contribution in [3.05, 3.63) is 39.9 Å². The van der Waals surface area contributed by atoms with Crippen LogP contribution in [0.1, 0.15) is 44.2 Å². The van der Waals surface area contributed by atoms with Gasteiger partial charge in [-0.25, -0.2) is 9.79 Å². The van der Waals surface area contributed by atoms with Crippen LogP contribution in [0.5, 0.6) is 0 Å². The van der Waals surface area contributed by atoms with Crippen LogP contribution in [0.3, 0.4) is 0 Å². The average Bonchev–Trinajstić information content (AvgIpc) is 3.07. The Kier molecular flexibility index (Phi) is 4.78. The second-order valence-corrected chi connectivity index (χ2v) is 6.35. The van der Waals surface area contributed by atoms with Crippen molar-refractivity contribution < 1.29 is 19.2 Å². The van der Waals surface area contributed by atoms with Gasteiger partial charge in [0, 0.05) is 17.8 Å². The van der Waals surface area contributed by atoms with Gasteiger partial charge in [0.05, 0.1) is 11.0 Å². The van der Waals surface area contributed by atoms with Gasteiger partial charge in [0.2, 0.25) is 0 Å². The monoisotopic (exact) mass is 345 g/mol. The van der Waals surface area contributed by atoms with E-state index >= 15 is 0 Å². The van der Waals surface area contributed by atoms with Gasteiger partial charge in [0.1, 0.15) is 12.0 Å². The Hall–Kier alpha value is -2.77. The molecule has 1 aromatic rings. The molecular weight excluding hydrogens is 326 g/mol. The fourth-order valence-electron chi connectivity index (χ4n) is 3.35. The van der Waals surface area contributed by atoms with E-state index in [-0.39, 0.29) is 11.8 Å². The number of aliphatic imine (C=N–C) groups is 1. The minimum atomic E-state index is -0.736. The van der Waals surface area contributed by atoms with Crippen LogP contribution in [0.2, 0.25) is 0 Å². The first kappa shape index (κ1) is 17.1. The Morgan fingerprint density at radius 1 is 1.28 bits per heavy atom. The van der Waals surface area contributed by atoms with E-state index in [0.29, 0.717) is 11.3 Å². The number of carbonyl (C=O) groups is 2. The van der Waals surface area contributed by atoms with E-state index in [0.717, 1.165) is 25.7 Å². The van der Waals surface area contributed by atoms with Crippen molar-refractivity contribution in [3.63, 3.8) is 0 Å². The van der Waals surface area contributed by atoms with Gasteiger partial charge in [-0.1, -0.05) is 12.1 Å². The number of nitro groups is 1. The number of ether oxygens (including phenoxy) is 1. The van der Waals surface area contributed by atoms with Crippen LogP contribution < -0.4 is 5.32 Å². The quantitative estimate of drug-likeness (QED) is 0.512. The summed E-state index contributed by atoms with van der Waals surface area (Å²) in [7, 11) is 0. The lowest BCUT2D eigenvalue weighted by Crippen LogP contribution is -2.44. The predicted molar refractivity (Wildman–Crippen MR) is 89.3 cm³/mol. The lowest BCUT2D eigenvalue weighted by molar-refractivity contribution is -0.384. The van der Waals surface area contributed by atoms with Gasteiger partial charge in [0.15, 0.2) is 0 Å². The number of benzene rings is 1. The van der Waals surface area contributed by atoms with Crippen LogP contribution >= 0.6 is 0 Å². The topological polar surface area (TPSA) is 111 Å². The molecule has 1 saturated carbocycles. The highest BCUT2D eigenvalue weighted by molar-refractivity contribution is 6.08. The number of esters is 1. The van der Waals surface area contributed by atoms with E-state index in [1.54, 1.807) is 6.92 Å². The standard InChI is InChI=1S/C17H19N3O5/c1-10-14(16(21)25-13-4-2-3-5-13)15(19-17(22)18-10)11-6-8-12(9-7-11)20(23)24/h6-9,13-15H,2-5H2,1H3,(H,19,22). The van der Waals surface area contributed by atoms with Crippen LogP contribution in [0.25, 0.3) is 0 Å². The number of amides is 2. The Balaban J connectivity index is 1.86. The predicted octanol–water partition coefficient (Wildman–Crippen LogP) is 2.92. The molecule has 25 heavy (non-hydrogen) atoms. The third-order valence-electron chi connectivity index (χ3n) is 4.64. The lowest BCUT2D eigenvalue weighted by atomic mass is 9.88. The fraction of sp³-hybridized carbons (Fsp3) is 0.471. The van der Waals surface area contributed by atoms with Gasteiger partial charge >= 0.3 is 12.0 Å². The Morgan fingerprint density at radius 2 is 1.92 bits per heavy atom. The molecule has 0 aromatic heterocycles. The van der Waals surface area contributed by atoms with E-state index in [1.165, 1.54) is 24.3 Å². The van der Waals surface area contributed by atoms with Gasteiger partial charge < -0.3 is 10.1 Å². The summed E-state index contributed by atoms with van der Waals surface area (Å²) in [6, 6.07) is 4.59. The van der Waals surface area contributed by atoms with Crippen molar-refractivity contribution in [1.29, 1.82) is 0 Å². The molecule has 1 aliphatic heterocycles. The summed E-state index contributed by atoms with van der Waals surface area (Å²) in [6.07, 6.45) is 3.69. The van der Waals surface area contributed by atoms with Crippen LogP contribution in [0.15, 0.2) is 29.3 Å². The summed E-state index contributed by atoms with van der Waals surface area (Å²) in [6.45, 7) is 1.62. The number of nitrogens with one attached hydrogen (secondary N) is 1. The van der Waals surface area contributed by atoms with E-state index in [2.05, 4.69) is 10.3 Å². The molecule has 2 atom stereocenters. The van der Waals surface area contributed by atoms with Crippen LogP contribution in [0, 0.1) is 16.0 Å². The Morgan fingerprint density at radius 3 is 2.52 bits per heavy atom. The number of nitrogens with zero attached hydrogens (tertiary/aromatic N) is 2. The van der Waals surface area contributed by atoms with Gasteiger partial charge in [-0.3, -0.25) is 14.9 Å². The van der Waals surface area contributed by atoms with E-state index in [4.69, 9.17) is 4.74 Å².